The standard InChI is InChI=1S/C26H23FN2O4/c1-3-16-33-18-14-12-17(13-15-18)23-24(28-20-9-5-7-11-22(20)32-2)26(31)29(25(23)30)21-10-6-4-8-19(21)27/h4-15,28H,3,16H2,1-2H3. The highest BCUT2D eigenvalue weighted by Gasteiger charge is 2.41. The van der Waals surface area contributed by atoms with Gasteiger partial charge in [0.1, 0.15) is 23.0 Å². The number of nitrogens with one attached hydrogen (secondary N) is 1. The second-order valence-electron chi connectivity index (χ2n) is 7.35. The molecule has 0 atom stereocenters. The number of carbonyl (C=O) groups excluding carboxylic acids is 2. The van der Waals surface area contributed by atoms with Crippen LogP contribution in [0.25, 0.3) is 5.57 Å². The molecule has 0 unspecified atom stereocenters. The number of carbonyl (C=O) groups is 2. The number of nitrogens with zero attached hydrogens (tertiary/aromatic N) is 1. The summed E-state index contributed by atoms with van der Waals surface area (Å²) in [6.45, 7) is 2.58. The Bertz CT molecular complexity index is 1220. The third-order valence-electron chi connectivity index (χ3n) is 5.16. The topological polar surface area (TPSA) is 67.9 Å². The van der Waals surface area contributed by atoms with Crippen molar-refractivity contribution in [3.05, 3.63) is 89.9 Å². The summed E-state index contributed by atoms with van der Waals surface area (Å²) < 4.78 is 25.5. The predicted molar refractivity (Wildman–Crippen MR) is 125 cm³/mol. The summed E-state index contributed by atoms with van der Waals surface area (Å²) in [6.07, 6.45) is 0.866. The molecule has 0 spiro atoms. The summed E-state index contributed by atoms with van der Waals surface area (Å²) in [6, 6.07) is 19.6. The van der Waals surface area contributed by atoms with E-state index < -0.39 is 17.6 Å². The van der Waals surface area contributed by atoms with Crippen LogP contribution in [-0.4, -0.2) is 25.5 Å². The van der Waals surface area contributed by atoms with Gasteiger partial charge < -0.3 is 14.8 Å². The van der Waals surface area contributed by atoms with Crippen LogP contribution in [0.15, 0.2) is 78.5 Å². The maximum absolute atomic E-state index is 14.5. The molecule has 0 aromatic heterocycles. The van der Waals surface area contributed by atoms with Crippen LogP contribution >= 0.6 is 0 Å². The first-order valence-electron chi connectivity index (χ1n) is 10.6. The monoisotopic (exact) mass is 446 g/mol. The summed E-state index contributed by atoms with van der Waals surface area (Å²) in [4.78, 5) is 27.7. The molecule has 0 aliphatic carbocycles. The van der Waals surface area contributed by atoms with Crippen LogP contribution in [0.5, 0.6) is 11.5 Å². The molecule has 0 radical (unpaired) electrons. The zero-order valence-corrected chi connectivity index (χ0v) is 18.3. The van der Waals surface area contributed by atoms with E-state index in [2.05, 4.69) is 5.32 Å². The second-order valence-corrected chi connectivity index (χ2v) is 7.35. The van der Waals surface area contributed by atoms with E-state index in [1.807, 2.05) is 6.92 Å². The molecule has 2 amide bonds. The van der Waals surface area contributed by atoms with Gasteiger partial charge >= 0.3 is 0 Å². The minimum Gasteiger partial charge on any atom is -0.495 e. The van der Waals surface area contributed by atoms with Gasteiger partial charge in [-0.3, -0.25) is 9.59 Å². The third-order valence-corrected chi connectivity index (χ3v) is 5.16. The van der Waals surface area contributed by atoms with Gasteiger partial charge in [-0.2, -0.15) is 0 Å². The summed E-state index contributed by atoms with van der Waals surface area (Å²) >= 11 is 0. The lowest BCUT2D eigenvalue weighted by Gasteiger charge is -2.16. The van der Waals surface area contributed by atoms with Crippen molar-refractivity contribution in [3.8, 4) is 11.5 Å². The Morgan fingerprint density at radius 2 is 1.61 bits per heavy atom. The van der Waals surface area contributed by atoms with Gasteiger partial charge in [0, 0.05) is 0 Å². The molecule has 1 heterocycles. The molecule has 6 nitrogen and oxygen atoms in total. The first-order valence-corrected chi connectivity index (χ1v) is 10.6. The molecule has 0 saturated heterocycles. The average Bonchev–Trinajstić information content (AvgIpc) is 3.08. The van der Waals surface area contributed by atoms with Gasteiger partial charge in [0.15, 0.2) is 0 Å². The van der Waals surface area contributed by atoms with Gasteiger partial charge in [-0.25, -0.2) is 9.29 Å². The quantitative estimate of drug-likeness (QED) is 0.492. The fourth-order valence-corrected chi connectivity index (χ4v) is 3.59. The molecule has 4 rings (SSSR count). The van der Waals surface area contributed by atoms with Crippen LogP contribution in [0.1, 0.15) is 18.9 Å². The number of rotatable bonds is 8. The molecule has 1 N–H and O–H groups in total. The second kappa shape index (κ2) is 9.56. The number of imide groups is 1. The van der Waals surface area contributed by atoms with Crippen LogP contribution in [0.3, 0.4) is 0 Å². The number of amides is 2. The number of methoxy groups -OCH3 is 1. The molecule has 0 fully saturated rings. The van der Waals surface area contributed by atoms with E-state index in [0.717, 1.165) is 11.3 Å². The van der Waals surface area contributed by atoms with Crippen LogP contribution in [0.2, 0.25) is 0 Å². The van der Waals surface area contributed by atoms with Gasteiger partial charge in [0.2, 0.25) is 0 Å². The fraction of sp³-hybridized carbons (Fsp3) is 0.154. The molecule has 3 aromatic rings. The van der Waals surface area contributed by atoms with E-state index in [-0.39, 0.29) is 17.0 Å². The van der Waals surface area contributed by atoms with Crippen LogP contribution in [0.4, 0.5) is 15.8 Å². The summed E-state index contributed by atoms with van der Waals surface area (Å²) in [5, 5.41) is 3.05. The van der Waals surface area contributed by atoms with E-state index in [1.165, 1.54) is 25.3 Å². The molecule has 168 valence electrons. The van der Waals surface area contributed by atoms with E-state index >= 15 is 0 Å². The zero-order valence-electron chi connectivity index (χ0n) is 18.3. The highest BCUT2D eigenvalue weighted by Crippen LogP contribution is 2.36. The number of hydrogen-bond donors (Lipinski definition) is 1. The Morgan fingerprint density at radius 3 is 2.30 bits per heavy atom. The van der Waals surface area contributed by atoms with Gasteiger partial charge in [0.25, 0.3) is 11.8 Å². The van der Waals surface area contributed by atoms with Crippen molar-refractivity contribution >= 4 is 28.8 Å². The molecule has 1 aliphatic rings. The van der Waals surface area contributed by atoms with Gasteiger partial charge in [-0.05, 0) is 48.4 Å². The molecule has 3 aromatic carbocycles. The molecular formula is C26H23FN2O4. The molecular weight excluding hydrogens is 423 g/mol. The summed E-state index contributed by atoms with van der Waals surface area (Å²) in [5.74, 6) is -0.789. The number of benzene rings is 3. The minimum absolute atomic E-state index is 0.0370. The minimum atomic E-state index is -0.666. The number of anilines is 2. The van der Waals surface area contributed by atoms with Crippen LogP contribution in [-0.2, 0) is 9.59 Å². The van der Waals surface area contributed by atoms with Crippen molar-refractivity contribution in [2.45, 2.75) is 13.3 Å². The lowest BCUT2D eigenvalue weighted by atomic mass is 10.0. The lowest BCUT2D eigenvalue weighted by molar-refractivity contribution is -0.120. The molecule has 33 heavy (non-hydrogen) atoms. The van der Waals surface area contributed by atoms with Crippen molar-refractivity contribution in [1.82, 2.24) is 0 Å². The summed E-state index contributed by atoms with van der Waals surface area (Å²) in [7, 11) is 1.51. The van der Waals surface area contributed by atoms with E-state index in [0.29, 0.717) is 29.4 Å². The van der Waals surface area contributed by atoms with Crippen molar-refractivity contribution in [2.75, 3.05) is 23.9 Å². The third kappa shape index (κ3) is 4.30. The lowest BCUT2D eigenvalue weighted by Crippen LogP contribution is -2.33. The first kappa shape index (κ1) is 22.1. The maximum Gasteiger partial charge on any atom is 0.282 e. The van der Waals surface area contributed by atoms with Crippen molar-refractivity contribution in [3.63, 3.8) is 0 Å². The highest BCUT2D eigenvalue weighted by molar-refractivity contribution is 6.46. The Hall–Kier alpha value is -4.13. The number of ether oxygens (including phenoxy) is 2. The van der Waals surface area contributed by atoms with Crippen LogP contribution in [0, 0.1) is 5.82 Å². The fourth-order valence-electron chi connectivity index (χ4n) is 3.59. The molecule has 0 bridgehead atoms. The van der Waals surface area contributed by atoms with Crippen molar-refractivity contribution < 1.29 is 23.5 Å². The molecule has 7 heteroatoms. The van der Waals surface area contributed by atoms with Crippen molar-refractivity contribution in [2.24, 2.45) is 0 Å². The maximum atomic E-state index is 14.5. The Balaban J connectivity index is 1.80. The van der Waals surface area contributed by atoms with E-state index in [9.17, 15) is 14.0 Å². The van der Waals surface area contributed by atoms with E-state index in [4.69, 9.17) is 9.47 Å². The Labute approximate surface area is 191 Å². The Morgan fingerprint density at radius 1 is 0.909 bits per heavy atom. The average molecular weight is 446 g/mol. The first-order chi connectivity index (χ1) is 16.0. The van der Waals surface area contributed by atoms with Gasteiger partial charge in [-0.1, -0.05) is 43.3 Å². The largest absolute Gasteiger partial charge is 0.495 e. The molecule has 0 saturated carbocycles. The smallest absolute Gasteiger partial charge is 0.282 e. The molecule has 1 aliphatic heterocycles. The van der Waals surface area contributed by atoms with Gasteiger partial charge in [0.05, 0.1) is 30.7 Å². The van der Waals surface area contributed by atoms with E-state index in [1.54, 1.807) is 54.6 Å². The van der Waals surface area contributed by atoms with Crippen LogP contribution < -0.4 is 19.7 Å². The summed E-state index contributed by atoms with van der Waals surface area (Å²) in [5.41, 5.74) is 1.08. The number of halogens is 1. The highest BCUT2D eigenvalue weighted by atomic mass is 19.1. The SMILES string of the molecule is CCCOc1ccc(C2=C(Nc3ccccc3OC)C(=O)N(c3ccccc3F)C2=O)cc1. The number of hydrogen-bond acceptors (Lipinski definition) is 5. The predicted octanol–water partition coefficient (Wildman–Crippen LogP) is 5.02. The zero-order chi connectivity index (χ0) is 23.4. The number of para-hydroxylation sites is 3. The Kier molecular flexibility index (Phi) is 6.40. The van der Waals surface area contributed by atoms with Crippen molar-refractivity contribution in [1.29, 1.82) is 0 Å². The van der Waals surface area contributed by atoms with Gasteiger partial charge in [-0.15, -0.1) is 0 Å². The normalized spacial score (nSPS) is 13.5.